The molecule has 0 aromatic heterocycles. The first-order chi connectivity index (χ1) is 15.3. The molecule has 0 spiro atoms. The van der Waals surface area contributed by atoms with E-state index in [-0.39, 0.29) is 5.69 Å². The Bertz CT molecular complexity index is 1100. The third-order valence-electron chi connectivity index (χ3n) is 4.10. The maximum Gasteiger partial charge on any atom is 0.417 e. The summed E-state index contributed by atoms with van der Waals surface area (Å²) in [6.07, 6.45) is -2.69. The van der Waals surface area contributed by atoms with Crippen molar-refractivity contribution in [1.82, 2.24) is 5.43 Å². The zero-order chi connectivity index (χ0) is 24.8. The predicted molar refractivity (Wildman–Crippen MR) is 121 cm³/mol. The summed E-state index contributed by atoms with van der Waals surface area (Å²) < 4.78 is 69.7. The molecule has 12 heteroatoms. The number of carbonyl (C=O) groups excluding carboxylic acids is 1. The maximum absolute atomic E-state index is 13.1. The summed E-state index contributed by atoms with van der Waals surface area (Å²) in [6, 6.07) is 9.45. The first kappa shape index (κ1) is 26.5. The standard InChI is InChI=1S/C21H23ClF3N3O4S/c1-14(2)13-32-17-7-4-15(5-8-17)11-26-27-20(29)12-28(33(3,30)31)16-6-9-19(22)18(10-16)21(23,24)25/h4-11,14H,12-13H2,1-3H3,(H,27,29)/b26-11-. The van der Waals surface area contributed by atoms with Gasteiger partial charge < -0.3 is 4.74 Å². The van der Waals surface area contributed by atoms with Crippen molar-refractivity contribution in [2.75, 3.05) is 23.7 Å². The molecule has 0 radical (unpaired) electrons. The van der Waals surface area contributed by atoms with Gasteiger partial charge in [0.05, 0.1) is 35.4 Å². The fraction of sp³-hybridized carbons (Fsp3) is 0.333. The van der Waals surface area contributed by atoms with Gasteiger partial charge in [-0.2, -0.15) is 18.3 Å². The third kappa shape index (κ3) is 8.25. The number of carbonyl (C=O) groups is 1. The number of hydrogen-bond acceptors (Lipinski definition) is 5. The largest absolute Gasteiger partial charge is 0.493 e. The van der Waals surface area contributed by atoms with Crippen molar-refractivity contribution in [2.45, 2.75) is 20.0 Å². The molecule has 0 saturated carbocycles. The highest BCUT2D eigenvalue weighted by atomic mass is 35.5. The van der Waals surface area contributed by atoms with E-state index in [2.05, 4.69) is 10.5 Å². The van der Waals surface area contributed by atoms with Crippen LogP contribution in [0.3, 0.4) is 0 Å². The highest BCUT2D eigenvalue weighted by molar-refractivity contribution is 7.92. The first-order valence-electron chi connectivity index (χ1n) is 9.66. The average Bonchev–Trinajstić information content (AvgIpc) is 2.70. The van der Waals surface area contributed by atoms with Crippen LogP contribution in [0.5, 0.6) is 5.75 Å². The van der Waals surface area contributed by atoms with Crippen LogP contribution in [-0.2, 0) is 21.0 Å². The summed E-state index contributed by atoms with van der Waals surface area (Å²) in [6.45, 7) is 3.84. The van der Waals surface area contributed by atoms with Gasteiger partial charge in [-0.15, -0.1) is 0 Å². The van der Waals surface area contributed by atoms with Gasteiger partial charge in [-0.3, -0.25) is 9.10 Å². The number of hydrazone groups is 1. The summed E-state index contributed by atoms with van der Waals surface area (Å²) in [4.78, 5) is 12.2. The van der Waals surface area contributed by atoms with Crippen LogP contribution in [0.1, 0.15) is 25.0 Å². The first-order valence-corrected chi connectivity index (χ1v) is 11.9. The number of ether oxygens (including phenoxy) is 1. The molecule has 2 rings (SSSR count). The zero-order valence-corrected chi connectivity index (χ0v) is 19.6. The minimum Gasteiger partial charge on any atom is -0.493 e. The molecule has 0 bridgehead atoms. The molecule has 0 aliphatic carbocycles. The van der Waals surface area contributed by atoms with E-state index in [1.165, 1.54) is 6.21 Å². The normalized spacial score (nSPS) is 12.2. The monoisotopic (exact) mass is 505 g/mol. The number of amides is 1. The quantitative estimate of drug-likeness (QED) is 0.406. The molecule has 0 aliphatic heterocycles. The van der Waals surface area contributed by atoms with Crippen molar-refractivity contribution in [1.29, 1.82) is 0 Å². The summed E-state index contributed by atoms with van der Waals surface area (Å²) in [5.41, 5.74) is 1.23. The molecule has 2 aromatic carbocycles. The summed E-state index contributed by atoms with van der Waals surface area (Å²) in [5, 5.41) is 3.17. The predicted octanol–water partition coefficient (Wildman–Crippen LogP) is 4.31. The van der Waals surface area contributed by atoms with Crippen LogP contribution in [0.15, 0.2) is 47.6 Å². The van der Waals surface area contributed by atoms with Gasteiger partial charge in [0.2, 0.25) is 10.0 Å². The third-order valence-corrected chi connectivity index (χ3v) is 5.57. The fourth-order valence-electron chi connectivity index (χ4n) is 2.54. The van der Waals surface area contributed by atoms with Crippen LogP contribution < -0.4 is 14.5 Å². The Morgan fingerprint density at radius 1 is 1.21 bits per heavy atom. The lowest BCUT2D eigenvalue weighted by atomic mass is 10.2. The van der Waals surface area contributed by atoms with Gasteiger partial charge in [0, 0.05) is 0 Å². The van der Waals surface area contributed by atoms with Crippen LogP contribution in [0.25, 0.3) is 0 Å². The van der Waals surface area contributed by atoms with Crippen molar-refractivity contribution in [2.24, 2.45) is 11.0 Å². The number of sulfonamides is 1. The lowest BCUT2D eigenvalue weighted by Crippen LogP contribution is -2.39. The van der Waals surface area contributed by atoms with E-state index in [0.717, 1.165) is 18.4 Å². The van der Waals surface area contributed by atoms with Crippen molar-refractivity contribution >= 4 is 39.4 Å². The minimum absolute atomic E-state index is 0.356. The molecular formula is C21H23ClF3N3O4S. The van der Waals surface area contributed by atoms with Crippen LogP contribution in [-0.4, -0.2) is 39.9 Å². The van der Waals surface area contributed by atoms with Crippen molar-refractivity contribution in [3.63, 3.8) is 0 Å². The molecular weight excluding hydrogens is 483 g/mol. The molecule has 1 N–H and O–H groups in total. The van der Waals surface area contributed by atoms with Crippen molar-refractivity contribution < 1.29 is 31.1 Å². The SMILES string of the molecule is CC(C)COc1ccc(/C=N\NC(=O)CN(c2ccc(Cl)c(C(F)(F)F)c2)S(C)(=O)=O)cc1. The molecule has 0 aliphatic rings. The van der Waals surface area contributed by atoms with Gasteiger partial charge in [-0.1, -0.05) is 25.4 Å². The average molecular weight is 506 g/mol. The van der Waals surface area contributed by atoms with E-state index in [4.69, 9.17) is 16.3 Å². The Morgan fingerprint density at radius 2 is 1.85 bits per heavy atom. The van der Waals surface area contributed by atoms with Gasteiger partial charge in [-0.05, 0) is 53.9 Å². The molecule has 33 heavy (non-hydrogen) atoms. The molecule has 0 unspecified atom stereocenters. The molecule has 0 saturated heterocycles. The Kier molecular flexibility index (Phi) is 8.73. The molecule has 7 nitrogen and oxygen atoms in total. The smallest absolute Gasteiger partial charge is 0.417 e. The van der Waals surface area contributed by atoms with E-state index in [1.54, 1.807) is 24.3 Å². The highest BCUT2D eigenvalue weighted by Crippen LogP contribution is 2.37. The number of halogens is 4. The zero-order valence-electron chi connectivity index (χ0n) is 18.1. The Balaban J connectivity index is 2.08. The van der Waals surface area contributed by atoms with E-state index < -0.39 is 39.2 Å². The van der Waals surface area contributed by atoms with E-state index >= 15 is 0 Å². The van der Waals surface area contributed by atoms with E-state index in [0.29, 0.717) is 34.2 Å². The number of anilines is 1. The Morgan fingerprint density at radius 3 is 2.39 bits per heavy atom. The van der Waals surface area contributed by atoms with Crippen molar-refractivity contribution in [3.05, 3.63) is 58.6 Å². The number of nitrogens with one attached hydrogen (secondary N) is 1. The van der Waals surface area contributed by atoms with E-state index in [1.807, 2.05) is 13.8 Å². The number of rotatable bonds is 9. The van der Waals surface area contributed by atoms with Gasteiger partial charge in [-0.25, -0.2) is 13.8 Å². The molecule has 0 fully saturated rings. The summed E-state index contributed by atoms with van der Waals surface area (Å²) in [5.74, 6) is 0.202. The van der Waals surface area contributed by atoms with Crippen LogP contribution in [0.2, 0.25) is 5.02 Å². The second-order valence-electron chi connectivity index (χ2n) is 7.50. The number of benzene rings is 2. The molecule has 2 aromatic rings. The highest BCUT2D eigenvalue weighted by Gasteiger charge is 2.34. The number of nitrogens with zero attached hydrogens (tertiary/aromatic N) is 2. The summed E-state index contributed by atoms with van der Waals surface area (Å²) in [7, 11) is -4.09. The maximum atomic E-state index is 13.1. The molecule has 0 heterocycles. The van der Waals surface area contributed by atoms with Gasteiger partial charge in [0.15, 0.2) is 0 Å². The lowest BCUT2D eigenvalue weighted by molar-refractivity contribution is -0.137. The van der Waals surface area contributed by atoms with Crippen LogP contribution in [0.4, 0.5) is 18.9 Å². The second-order valence-corrected chi connectivity index (χ2v) is 9.81. The van der Waals surface area contributed by atoms with E-state index in [9.17, 15) is 26.4 Å². The lowest BCUT2D eigenvalue weighted by Gasteiger charge is -2.22. The number of hydrogen-bond donors (Lipinski definition) is 1. The van der Waals surface area contributed by atoms with Crippen LogP contribution >= 0.6 is 11.6 Å². The topological polar surface area (TPSA) is 88.1 Å². The second kappa shape index (κ2) is 10.9. The Hall–Kier alpha value is -2.79. The summed E-state index contributed by atoms with van der Waals surface area (Å²) >= 11 is 5.58. The van der Waals surface area contributed by atoms with Crippen molar-refractivity contribution in [3.8, 4) is 5.75 Å². The minimum atomic E-state index is -4.79. The van der Waals surface area contributed by atoms with Crippen LogP contribution in [0, 0.1) is 5.92 Å². The Labute approximate surface area is 195 Å². The van der Waals surface area contributed by atoms with Gasteiger partial charge >= 0.3 is 6.18 Å². The number of alkyl halides is 3. The molecule has 180 valence electrons. The fourth-order valence-corrected chi connectivity index (χ4v) is 3.62. The molecule has 1 amide bonds. The van der Waals surface area contributed by atoms with Gasteiger partial charge in [0.25, 0.3) is 5.91 Å². The molecule has 0 atom stereocenters. The van der Waals surface area contributed by atoms with Gasteiger partial charge in [0.1, 0.15) is 12.3 Å².